The van der Waals surface area contributed by atoms with E-state index < -0.39 is 34.7 Å². The van der Waals surface area contributed by atoms with Crippen molar-refractivity contribution in [2.75, 3.05) is 0 Å². The number of hydrogen-bond donors (Lipinski definition) is 4. The molecule has 0 fully saturated rings. The molecule has 0 aromatic heterocycles. The molecule has 0 aliphatic carbocycles. The van der Waals surface area contributed by atoms with Gasteiger partial charge < -0.3 is 20.4 Å². The normalized spacial score (nSPS) is 14.0. The Morgan fingerprint density at radius 2 is 0.886 bits per heavy atom. The Balaban J connectivity index is 0.000000762. The molecule has 0 radical (unpaired) electrons. The molecule has 0 spiro atoms. The molecule has 2 rings (SSSR count). The minimum absolute atomic E-state index is 0.383. The Labute approximate surface area is 205 Å². The Hall–Kier alpha value is -3.36. The number of ketones is 2. The summed E-state index contributed by atoms with van der Waals surface area (Å²) in [6.45, 7) is 7.86. The quantitative estimate of drug-likeness (QED) is 0.212. The standard InChI is InChI=1S/C20H18O8.C7H16/c1-11-3-7-13(8-4-11)15(21)19(27,17(23)24)20(28,18(25)26)16(22)14-9-5-12(2)6-10-14;1-3-5-7-6-4-2/h3-10,27-28H,1-2H3,(H,23,24)(H,25,26);3-7H2,1-2H3. The first-order chi connectivity index (χ1) is 16.4. The van der Waals surface area contributed by atoms with Crippen molar-refractivity contribution in [1.82, 2.24) is 0 Å². The Morgan fingerprint density at radius 3 is 1.11 bits per heavy atom. The highest BCUT2D eigenvalue weighted by atomic mass is 16.5. The summed E-state index contributed by atoms with van der Waals surface area (Å²) >= 11 is 0. The number of carbonyl (C=O) groups excluding carboxylic acids is 2. The predicted molar refractivity (Wildman–Crippen MR) is 131 cm³/mol. The van der Waals surface area contributed by atoms with Crippen LogP contribution in [-0.2, 0) is 9.59 Å². The maximum Gasteiger partial charge on any atom is 0.348 e. The minimum atomic E-state index is -3.96. The number of carbonyl (C=O) groups is 4. The predicted octanol–water partition coefficient (Wildman–Crippen LogP) is 3.98. The molecule has 35 heavy (non-hydrogen) atoms. The van der Waals surface area contributed by atoms with Crippen molar-refractivity contribution in [2.45, 2.75) is 71.0 Å². The number of unbranched alkanes of at least 4 members (excludes halogenated alkanes) is 4. The average Bonchev–Trinajstić information content (AvgIpc) is 2.83. The van der Waals surface area contributed by atoms with Gasteiger partial charge in [0.1, 0.15) is 0 Å². The first-order valence-corrected chi connectivity index (χ1v) is 11.5. The van der Waals surface area contributed by atoms with Gasteiger partial charge in [0.05, 0.1) is 0 Å². The Bertz CT molecular complexity index is 943. The van der Waals surface area contributed by atoms with E-state index in [0.29, 0.717) is 11.1 Å². The van der Waals surface area contributed by atoms with Gasteiger partial charge in [-0.3, -0.25) is 9.59 Å². The fraction of sp³-hybridized carbons (Fsp3) is 0.407. The van der Waals surface area contributed by atoms with Crippen molar-refractivity contribution in [2.24, 2.45) is 0 Å². The van der Waals surface area contributed by atoms with Crippen molar-refractivity contribution in [1.29, 1.82) is 0 Å². The van der Waals surface area contributed by atoms with Crippen molar-refractivity contribution in [3.8, 4) is 0 Å². The van der Waals surface area contributed by atoms with E-state index in [1.54, 1.807) is 13.8 Å². The summed E-state index contributed by atoms with van der Waals surface area (Å²) in [4.78, 5) is 49.1. The molecule has 0 amide bonds. The molecule has 2 atom stereocenters. The molecule has 190 valence electrons. The van der Waals surface area contributed by atoms with Crippen molar-refractivity contribution in [3.05, 3.63) is 70.8 Å². The van der Waals surface area contributed by atoms with Crippen LogP contribution < -0.4 is 0 Å². The van der Waals surface area contributed by atoms with Crippen LogP contribution in [0, 0.1) is 13.8 Å². The molecule has 8 nitrogen and oxygen atoms in total. The van der Waals surface area contributed by atoms with Crippen LogP contribution >= 0.6 is 0 Å². The van der Waals surface area contributed by atoms with Crippen LogP contribution in [0.1, 0.15) is 77.8 Å². The largest absolute Gasteiger partial charge is 0.479 e. The van der Waals surface area contributed by atoms with Crippen molar-refractivity contribution >= 4 is 23.5 Å². The van der Waals surface area contributed by atoms with Gasteiger partial charge in [-0.2, -0.15) is 0 Å². The van der Waals surface area contributed by atoms with E-state index in [1.165, 1.54) is 56.4 Å². The third-order valence-electron chi connectivity index (χ3n) is 5.63. The van der Waals surface area contributed by atoms with E-state index in [4.69, 9.17) is 0 Å². The van der Waals surface area contributed by atoms with Gasteiger partial charge in [0.2, 0.25) is 11.6 Å². The van der Waals surface area contributed by atoms with Crippen LogP contribution in [-0.4, -0.2) is 55.1 Å². The summed E-state index contributed by atoms with van der Waals surface area (Å²) in [6.07, 6.45) is 7.01. The lowest BCUT2D eigenvalue weighted by Crippen LogP contribution is -2.71. The number of carboxylic acid groups (broad SMARTS) is 2. The highest BCUT2D eigenvalue weighted by Crippen LogP contribution is 2.32. The number of benzene rings is 2. The van der Waals surface area contributed by atoms with E-state index in [0.717, 1.165) is 24.3 Å². The van der Waals surface area contributed by atoms with Crippen LogP contribution in [0.25, 0.3) is 0 Å². The lowest BCUT2D eigenvalue weighted by molar-refractivity contribution is -0.187. The third-order valence-corrected chi connectivity index (χ3v) is 5.63. The van der Waals surface area contributed by atoms with Gasteiger partial charge in [0, 0.05) is 11.1 Å². The molecular formula is C27H34O8. The molecule has 0 bridgehead atoms. The Kier molecular flexibility index (Phi) is 11.0. The fourth-order valence-electron chi connectivity index (χ4n) is 3.34. The molecule has 0 saturated carbocycles. The van der Waals surface area contributed by atoms with Crippen molar-refractivity contribution < 1.29 is 39.6 Å². The zero-order valence-corrected chi connectivity index (χ0v) is 20.6. The van der Waals surface area contributed by atoms with E-state index >= 15 is 0 Å². The van der Waals surface area contributed by atoms with Gasteiger partial charge in [0.25, 0.3) is 11.2 Å². The van der Waals surface area contributed by atoms with E-state index in [9.17, 15) is 39.6 Å². The number of aliphatic hydroxyl groups is 2. The Morgan fingerprint density at radius 1 is 0.600 bits per heavy atom. The number of hydrogen-bond acceptors (Lipinski definition) is 6. The topological polar surface area (TPSA) is 149 Å². The summed E-state index contributed by atoms with van der Waals surface area (Å²) in [5, 5.41) is 40.3. The number of carboxylic acids is 2. The maximum atomic E-state index is 12.8. The van der Waals surface area contributed by atoms with Crippen LogP contribution in [0.2, 0.25) is 0 Å². The van der Waals surface area contributed by atoms with Crippen LogP contribution in [0.4, 0.5) is 0 Å². The molecule has 2 aromatic carbocycles. The first kappa shape index (κ1) is 29.7. The first-order valence-electron chi connectivity index (χ1n) is 11.5. The molecule has 2 unspecified atom stereocenters. The van der Waals surface area contributed by atoms with E-state index in [2.05, 4.69) is 13.8 Å². The summed E-state index contributed by atoms with van der Waals surface area (Å²) in [7, 11) is 0. The van der Waals surface area contributed by atoms with Gasteiger partial charge in [0.15, 0.2) is 0 Å². The summed E-state index contributed by atoms with van der Waals surface area (Å²) in [5.41, 5.74) is -7.27. The molecule has 8 heteroatoms. The van der Waals surface area contributed by atoms with E-state index in [1.807, 2.05) is 0 Å². The second-order valence-electron chi connectivity index (χ2n) is 8.48. The maximum absolute atomic E-state index is 12.8. The van der Waals surface area contributed by atoms with Gasteiger partial charge in [-0.25, -0.2) is 9.59 Å². The lowest BCUT2D eigenvalue weighted by Gasteiger charge is -2.34. The van der Waals surface area contributed by atoms with Crippen LogP contribution in [0.3, 0.4) is 0 Å². The molecule has 0 aliphatic rings. The summed E-state index contributed by atoms with van der Waals surface area (Å²) in [6, 6.07) is 10.3. The fourth-order valence-corrected chi connectivity index (χ4v) is 3.34. The zero-order chi connectivity index (χ0) is 26.8. The highest BCUT2D eigenvalue weighted by Gasteiger charge is 2.69. The molecule has 2 aromatic rings. The molecular weight excluding hydrogens is 452 g/mol. The smallest absolute Gasteiger partial charge is 0.348 e. The number of aliphatic carboxylic acids is 2. The number of Topliss-reactive ketones (excluding diaryl/α,β-unsaturated/α-hetero) is 2. The molecule has 4 N–H and O–H groups in total. The third kappa shape index (κ3) is 6.61. The van der Waals surface area contributed by atoms with Crippen LogP contribution in [0.5, 0.6) is 0 Å². The number of aryl methyl sites for hydroxylation is 2. The van der Waals surface area contributed by atoms with E-state index in [-0.39, 0.29) is 11.1 Å². The van der Waals surface area contributed by atoms with Gasteiger partial charge in [-0.1, -0.05) is 106 Å². The van der Waals surface area contributed by atoms with Crippen molar-refractivity contribution in [3.63, 3.8) is 0 Å². The second kappa shape index (κ2) is 12.9. The minimum Gasteiger partial charge on any atom is -0.479 e. The van der Waals surface area contributed by atoms with Gasteiger partial charge in [-0.15, -0.1) is 0 Å². The lowest BCUT2D eigenvalue weighted by atomic mass is 9.73. The molecule has 0 heterocycles. The zero-order valence-electron chi connectivity index (χ0n) is 20.6. The second-order valence-corrected chi connectivity index (χ2v) is 8.48. The number of rotatable bonds is 11. The van der Waals surface area contributed by atoms with Crippen LogP contribution in [0.15, 0.2) is 48.5 Å². The summed E-state index contributed by atoms with van der Waals surface area (Å²) < 4.78 is 0. The SMILES string of the molecule is CCCCCCC.Cc1ccc(C(=O)C(O)(C(=O)O)C(O)(C(=O)O)C(=O)c2ccc(C)cc2)cc1. The molecule has 0 saturated heterocycles. The highest BCUT2D eigenvalue weighted by molar-refractivity contribution is 6.28. The summed E-state index contributed by atoms with van der Waals surface area (Å²) in [5.74, 6) is -8.01. The van der Waals surface area contributed by atoms with Gasteiger partial charge in [-0.05, 0) is 13.8 Å². The average molecular weight is 487 g/mol. The van der Waals surface area contributed by atoms with Gasteiger partial charge >= 0.3 is 11.9 Å². The molecule has 0 aliphatic heterocycles. The monoisotopic (exact) mass is 486 g/mol.